The molecule has 3 saturated heterocycles. The minimum atomic E-state index is 0. The highest BCUT2D eigenvalue weighted by Crippen LogP contribution is 2.34. The Kier molecular flexibility index (Phi) is 7.96. The largest absolute Gasteiger partial charge is 0.373 e. The third kappa shape index (κ3) is 5.58. The Bertz CT molecular complexity index is 645. The summed E-state index contributed by atoms with van der Waals surface area (Å²) in [5.41, 5.74) is 2.68. The first-order chi connectivity index (χ1) is 13.2. The lowest BCUT2D eigenvalue weighted by Gasteiger charge is -2.32. The van der Waals surface area contributed by atoms with Crippen molar-refractivity contribution >= 4 is 29.9 Å². The van der Waals surface area contributed by atoms with Crippen molar-refractivity contribution in [3.05, 3.63) is 35.4 Å². The number of piperazine rings is 1. The lowest BCUT2D eigenvalue weighted by molar-refractivity contribution is 0.0992. The van der Waals surface area contributed by atoms with Gasteiger partial charge in [-0.25, -0.2) is 0 Å². The van der Waals surface area contributed by atoms with Gasteiger partial charge in [-0.3, -0.25) is 9.89 Å². The number of hydrogen-bond donors (Lipinski definition) is 2. The normalized spacial score (nSPS) is 28.2. The van der Waals surface area contributed by atoms with Crippen LogP contribution >= 0.6 is 24.0 Å². The molecule has 0 radical (unpaired) electrons. The summed E-state index contributed by atoms with van der Waals surface area (Å²) in [5, 5.41) is 6.98. The Morgan fingerprint density at radius 1 is 1.11 bits per heavy atom. The van der Waals surface area contributed by atoms with Gasteiger partial charge in [0.1, 0.15) is 0 Å². The topological polar surface area (TPSA) is 52.1 Å². The Morgan fingerprint density at radius 3 is 2.43 bits per heavy atom. The number of benzene rings is 1. The lowest BCUT2D eigenvalue weighted by Crippen LogP contribution is -2.47. The zero-order chi connectivity index (χ0) is 18.6. The van der Waals surface area contributed by atoms with Crippen LogP contribution in [0.15, 0.2) is 29.3 Å². The first-order valence-electron chi connectivity index (χ1n) is 10.3. The van der Waals surface area contributed by atoms with E-state index >= 15 is 0 Å². The van der Waals surface area contributed by atoms with Crippen LogP contribution in [0.1, 0.15) is 30.4 Å². The number of halogens is 1. The fourth-order valence-corrected chi connectivity index (χ4v) is 4.37. The molecule has 3 unspecified atom stereocenters. The summed E-state index contributed by atoms with van der Waals surface area (Å²) in [6, 6.07) is 9.38. The average molecular weight is 499 g/mol. The molecule has 3 heterocycles. The second-order valence-corrected chi connectivity index (χ2v) is 8.18. The van der Waals surface area contributed by atoms with E-state index in [1.54, 1.807) is 0 Å². The fraction of sp³-hybridized carbons (Fsp3) is 0.667. The zero-order valence-electron chi connectivity index (χ0n) is 17.1. The summed E-state index contributed by atoms with van der Waals surface area (Å²) in [7, 11) is 4.04. The molecule has 6 nitrogen and oxygen atoms in total. The maximum Gasteiger partial charge on any atom is 0.191 e. The van der Waals surface area contributed by atoms with Gasteiger partial charge in [-0.2, -0.15) is 0 Å². The Labute approximate surface area is 186 Å². The molecule has 1 aromatic rings. The highest BCUT2D eigenvalue weighted by molar-refractivity contribution is 14.0. The van der Waals surface area contributed by atoms with Crippen LogP contribution in [0.5, 0.6) is 0 Å². The van der Waals surface area contributed by atoms with Crippen LogP contribution in [0, 0.1) is 0 Å². The molecular weight excluding hydrogens is 465 g/mol. The average Bonchev–Trinajstić information content (AvgIpc) is 3.31. The molecule has 156 valence electrons. The Morgan fingerprint density at radius 2 is 1.82 bits per heavy atom. The van der Waals surface area contributed by atoms with Crippen molar-refractivity contribution < 1.29 is 4.74 Å². The van der Waals surface area contributed by atoms with E-state index < -0.39 is 0 Å². The molecule has 2 N–H and O–H groups in total. The van der Waals surface area contributed by atoms with Crippen molar-refractivity contribution in [3.8, 4) is 0 Å². The monoisotopic (exact) mass is 499 g/mol. The first-order valence-corrected chi connectivity index (χ1v) is 10.3. The van der Waals surface area contributed by atoms with Crippen LogP contribution in [0.25, 0.3) is 0 Å². The van der Waals surface area contributed by atoms with Crippen molar-refractivity contribution in [2.24, 2.45) is 4.99 Å². The van der Waals surface area contributed by atoms with E-state index in [1.165, 1.54) is 37.1 Å². The fourth-order valence-electron chi connectivity index (χ4n) is 4.37. The molecule has 28 heavy (non-hydrogen) atoms. The number of aliphatic imine (C=N–C) groups is 1. The van der Waals surface area contributed by atoms with Gasteiger partial charge in [-0.05, 0) is 37.4 Å². The molecule has 0 amide bonds. The predicted octanol–water partition coefficient (Wildman–Crippen LogP) is 2.04. The van der Waals surface area contributed by atoms with E-state index in [0.29, 0.717) is 18.2 Å². The third-order valence-corrected chi connectivity index (χ3v) is 6.14. The molecular formula is C21H34IN5O. The van der Waals surface area contributed by atoms with Crippen LogP contribution in [0.2, 0.25) is 0 Å². The molecule has 7 heteroatoms. The number of ether oxygens (including phenoxy) is 1. The Hall–Kier alpha value is -0.900. The van der Waals surface area contributed by atoms with E-state index in [2.05, 4.69) is 56.7 Å². The van der Waals surface area contributed by atoms with Crippen LogP contribution in [-0.2, 0) is 17.8 Å². The molecule has 4 rings (SSSR count). The van der Waals surface area contributed by atoms with Crippen molar-refractivity contribution in [3.63, 3.8) is 0 Å². The van der Waals surface area contributed by atoms with Crippen molar-refractivity contribution in [2.75, 3.05) is 40.3 Å². The molecule has 0 aromatic heterocycles. The van der Waals surface area contributed by atoms with Gasteiger partial charge >= 0.3 is 0 Å². The number of rotatable bonds is 5. The van der Waals surface area contributed by atoms with Crippen LogP contribution in [0.4, 0.5) is 0 Å². The van der Waals surface area contributed by atoms with Gasteiger partial charge in [0.15, 0.2) is 5.96 Å². The number of fused-ring (bicyclic) bond motifs is 2. The second kappa shape index (κ2) is 10.2. The Balaban J connectivity index is 0.00000225. The van der Waals surface area contributed by atoms with Gasteiger partial charge in [0.2, 0.25) is 0 Å². The summed E-state index contributed by atoms with van der Waals surface area (Å²) in [6.45, 7) is 6.50. The van der Waals surface area contributed by atoms with Crippen molar-refractivity contribution in [2.45, 2.75) is 50.6 Å². The SMILES string of the molecule is CN=C(NCc1ccc(CN2CCN(C)CC2)cc1)NC1CC2CCC1O2.I. The summed E-state index contributed by atoms with van der Waals surface area (Å²) >= 11 is 0. The van der Waals surface area contributed by atoms with Crippen LogP contribution in [-0.4, -0.2) is 74.3 Å². The highest BCUT2D eigenvalue weighted by atomic mass is 127. The van der Waals surface area contributed by atoms with E-state index in [9.17, 15) is 0 Å². The number of nitrogens with zero attached hydrogens (tertiary/aromatic N) is 3. The molecule has 0 saturated carbocycles. The molecule has 3 atom stereocenters. The molecule has 3 aliphatic rings. The van der Waals surface area contributed by atoms with Crippen molar-refractivity contribution in [1.29, 1.82) is 0 Å². The van der Waals surface area contributed by atoms with Crippen molar-refractivity contribution in [1.82, 2.24) is 20.4 Å². The number of nitrogens with one attached hydrogen (secondary N) is 2. The van der Waals surface area contributed by atoms with Gasteiger partial charge in [0, 0.05) is 46.3 Å². The number of likely N-dealkylation sites (N-methyl/N-ethyl adjacent to an activating group) is 1. The van der Waals surface area contributed by atoms with Gasteiger partial charge in [0.05, 0.1) is 18.2 Å². The summed E-state index contributed by atoms with van der Waals surface area (Å²) in [6.07, 6.45) is 4.32. The standard InChI is InChI=1S/C21H33N5O.HI/c1-22-21(24-19-13-18-7-8-20(19)27-18)23-14-16-3-5-17(6-4-16)15-26-11-9-25(2)10-12-26;/h3-6,18-20H,7-15H2,1-2H3,(H2,22,23,24);1H. The lowest BCUT2D eigenvalue weighted by atomic mass is 9.96. The molecule has 1 aromatic carbocycles. The second-order valence-electron chi connectivity index (χ2n) is 8.18. The molecule has 0 aliphatic carbocycles. The first kappa shape index (κ1) is 21.8. The number of hydrogen-bond acceptors (Lipinski definition) is 4. The predicted molar refractivity (Wildman–Crippen MR) is 124 cm³/mol. The van der Waals surface area contributed by atoms with Gasteiger partial charge in [-0.1, -0.05) is 24.3 Å². The van der Waals surface area contributed by atoms with Crippen LogP contribution < -0.4 is 10.6 Å². The summed E-state index contributed by atoms with van der Waals surface area (Å²) in [4.78, 5) is 9.32. The van der Waals surface area contributed by atoms with E-state index in [4.69, 9.17) is 4.74 Å². The quantitative estimate of drug-likeness (QED) is 0.369. The minimum absolute atomic E-state index is 0. The van der Waals surface area contributed by atoms with E-state index in [0.717, 1.165) is 38.6 Å². The summed E-state index contributed by atoms with van der Waals surface area (Å²) in [5.74, 6) is 0.873. The maximum absolute atomic E-state index is 5.92. The van der Waals surface area contributed by atoms with Crippen LogP contribution in [0.3, 0.4) is 0 Å². The van der Waals surface area contributed by atoms with Gasteiger partial charge in [0.25, 0.3) is 0 Å². The third-order valence-electron chi connectivity index (χ3n) is 6.14. The molecule has 2 bridgehead atoms. The smallest absolute Gasteiger partial charge is 0.191 e. The van der Waals surface area contributed by atoms with Gasteiger partial charge < -0.3 is 20.3 Å². The summed E-state index contributed by atoms with van der Waals surface area (Å²) < 4.78 is 5.92. The molecule has 0 spiro atoms. The highest BCUT2D eigenvalue weighted by Gasteiger charge is 2.41. The number of guanidine groups is 1. The minimum Gasteiger partial charge on any atom is -0.373 e. The zero-order valence-corrected chi connectivity index (χ0v) is 19.4. The molecule has 3 fully saturated rings. The van der Waals surface area contributed by atoms with E-state index in [-0.39, 0.29) is 24.0 Å². The maximum atomic E-state index is 5.92. The van der Waals surface area contributed by atoms with E-state index in [1.807, 2.05) is 7.05 Å². The van der Waals surface area contributed by atoms with Gasteiger partial charge in [-0.15, -0.1) is 24.0 Å². The molecule has 3 aliphatic heterocycles.